The Morgan fingerprint density at radius 2 is 1.96 bits per heavy atom. The molecule has 2 atom stereocenters. The maximum absolute atomic E-state index is 12.4. The van der Waals surface area contributed by atoms with E-state index in [1.807, 2.05) is 0 Å². The molecule has 0 aromatic heterocycles. The predicted molar refractivity (Wildman–Crippen MR) is 85.9 cm³/mol. The zero-order valence-corrected chi connectivity index (χ0v) is 14.8. The van der Waals surface area contributed by atoms with E-state index >= 15 is 0 Å². The number of cyclic esters (lactones) is 1. The van der Waals surface area contributed by atoms with E-state index in [2.05, 4.69) is 4.72 Å². The zero-order chi connectivity index (χ0) is 17.9. The lowest BCUT2D eigenvalue weighted by molar-refractivity contribution is -0.162. The van der Waals surface area contributed by atoms with Crippen molar-refractivity contribution in [2.45, 2.75) is 37.3 Å². The number of carbonyl (C=O) groups is 2. The summed E-state index contributed by atoms with van der Waals surface area (Å²) >= 11 is 5.74. The van der Waals surface area contributed by atoms with Crippen molar-refractivity contribution in [3.8, 4) is 0 Å². The normalized spacial score (nSPS) is 19.2. The predicted octanol–water partition coefficient (Wildman–Crippen LogP) is 1.50. The van der Waals surface area contributed by atoms with E-state index in [0.29, 0.717) is 5.02 Å². The monoisotopic (exact) mass is 375 g/mol. The number of carbonyl (C=O) groups excluding carboxylic acids is 2. The van der Waals surface area contributed by atoms with Gasteiger partial charge in [0.2, 0.25) is 16.1 Å². The second-order valence-electron chi connectivity index (χ2n) is 5.68. The third-order valence-corrected chi connectivity index (χ3v) is 5.18. The van der Waals surface area contributed by atoms with Gasteiger partial charge >= 0.3 is 11.9 Å². The van der Waals surface area contributed by atoms with Crippen LogP contribution in [0.1, 0.15) is 20.3 Å². The van der Waals surface area contributed by atoms with Crippen molar-refractivity contribution < 1.29 is 27.5 Å². The van der Waals surface area contributed by atoms with Crippen molar-refractivity contribution in [3.63, 3.8) is 0 Å². The summed E-state index contributed by atoms with van der Waals surface area (Å²) in [6.07, 6.45) is -0.724. The van der Waals surface area contributed by atoms with Gasteiger partial charge in [-0.1, -0.05) is 25.4 Å². The first-order valence-electron chi connectivity index (χ1n) is 7.36. The molecule has 7 nitrogen and oxygen atoms in total. The minimum absolute atomic E-state index is 0.0226. The highest BCUT2D eigenvalue weighted by Gasteiger charge is 2.35. The molecule has 1 saturated heterocycles. The molecule has 0 radical (unpaired) electrons. The first-order valence-corrected chi connectivity index (χ1v) is 9.22. The van der Waals surface area contributed by atoms with Gasteiger partial charge in [-0.25, -0.2) is 13.2 Å². The number of nitrogens with one attached hydrogen (secondary N) is 1. The number of esters is 2. The Balaban J connectivity index is 2.13. The number of ether oxygens (including phenoxy) is 2. The molecule has 24 heavy (non-hydrogen) atoms. The van der Waals surface area contributed by atoms with Crippen LogP contribution in [0.25, 0.3) is 0 Å². The molecule has 1 aromatic carbocycles. The molecule has 132 valence electrons. The van der Waals surface area contributed by atoms with Crippen LogP contribution in [0, 0.1) is 5.92 Å². The fourth-order valence-electron chi connectivity index (χ4n) is 2.10. The summed E-state index contributed by atoms with van der Waals surface area (Å²) in [4.78, 5) is 23.6. The Labute approximate surface area is 145 Å². The highest BCUT2D eigenvalue weighted by Crippen LogP contribution is 2.17. The van der Waals surface area contributed by atoms with Gasteiger partial charge in [0.15, 0.2) is 0 Å². The molecule has 1 aliphatic rings. The van der Waals surface area contributed by atoms with E-state index in [4.69, 9.17) is 21.1 Å². The van der Waals surface area contributed by atoms with Crippen molar-refractivity contribution in [3.05, 3.63) is 29.3 Å². The molecule has 0 amide bonds. The van der Waals surface area contributed by atoms with Gasteiger partial charge in [-0.05, 0) is 30.2 Å². The molecule has 0 aliphatic carbocycles. The minimum Gasteiger partial charge on any atom is -0.463 e. The molecular formula is C15H18ClNO6S. The van der Waals surface area contributed by atoms with Crippen LogP contribution in [0.5, 0.6) is 0 Å². The number of benzene rings is 1. The number of rotatable bonds is 6. The summed E-state index contributed by atoms with van der Waals surface area (Å²) in [6, 6.07) is 4.42. The lowest BCUT2D eigenvalue weighted by Gasteiger charge is -2.22. The molecule has 1 aromatic rings. The highest BCUT2D eigenvalue weighted by molar-refractivity contribution is 7.89. The van der Waals surface area contributed by atoms with Gasteiger partial charge in [0, 0.05) is 11.4 Å². The summed E-state index contributed by atoms with van der Waals surface area (Å²) < 4.78 is 36.9. The van der Waals surface area contributed by atoms with Crippen LogP contribution in [0.3, 0.4) is 0 Å². The van der Waals surface area contributed by atoms with Gasteiger partial charge in [-0.2, -0.15) is 4.72 Å². The number of hydrogen-bond acceptors (Lipinski definition) is 6. The Morgan fingerprint density at radius 3 is 2.46 bits per heavy atom. The largest absolute Gasteiger partial charge is 0.463 e. The number of halogens is 1. The van der Waals surface area contributed by atoms with Crippen LogP contribution in [0.15, 0.2) is 29.2 Å². The van der Waals surface area contributed by atoms with E-state index in [1.165, 1.54) is 24.3 Å². The first-order chi connectivity index (χ1) is 11.2. The molecule has 0 bridgehead atoms. The molecule has 0 unspecified atom stereocenters. The van der Waals surface area contributed by atoms with Gasteiger partial charge in [-0.3, -0.25) is 4.79 Å². The fourth-order valence-corrected chi connectivity index (χ4v) is 3.56. The maximum atomic E-state index is 12.4. The topological polar surface area (TPSA) is 98.8 Å². The summed E-state index contributed by atoms with van der Waals surface area (Å²) in [5, 5.41) is 0.397. The Kier molecular flexibility index (Phi) is 5.84. The van der Waals surface area contributed by atoms with Crippen LogP contribution < -0.4 is 4.72 Å². The first kappa shape index (κ1) is 18.7. The Bertz CT molecular complexity index is 716. The van der Waals surface area contributed by atoms with Gasteiger partial charge < -0.3 is 9.47 Å². The van der Waals surface area contributed by atoms with Crippen molar-refractivity contribution in [2.75, 3.05) is 6.61 Å². The molecule has 9 heteroatoms. The molecule has 0 saturated carbocycles. The summed E-state index contributed by atoms with van der Waals surface area (Å²) in [6.45, 7) is 3.52. The average molecular weight is 376 g/mol. The lowest BCUT2D eigenvalue weighted by Crippen LogP contribution is -2.46. The third kappa shape index (κ3) is 4.46. The maximum Gasteiger partial charge on any atom is 0.347 e. The van der Waals surface area contributed by atoms with Crippen molar-refractivity contribution in [2.24, 2.45) is 5.92 Å². The van der Waals surface area contributed by atoms with Gasteiger partial charge in [-0.15, -0.1) is 0 Å². The van der Waals surface area contributed by atoms with Gasteiger partial charge in [0.05, 0.1) is 11.5 Å². The van der Waals surface area contributed by atoms with Crippen molar-refractivity contribution in [1.82, 2.24) is 4.72 Å². The van der Waals surface area contributed by atoms with E-state index in [0.717, 1.165) is 0 Å². The van der Waals surface area contributed by atoms with Crippen LogP contribution in [-0.4, -0.2) is 39.1 Å². The minimum atomic E-state index is -3.94. The number of sulfonamides is 1. The van der Waals surface area contributed by atoms with Crippen LogP contribution >= 0.6 is 11.6 Å². The lowest BCUT2D eigenvalue weighted by atomic mass is 10.1. The quantitative estimate of drug-likeness (QED) is 0.756. The van der Waals surface area contributed by atoms with Gasteiger partial charge in [0.1, 0.15) is 6.04 Å². The molecule has 2 rings (SSSR count). The summed E-state index contributed by atoms with van der Waals surface area (Å²) in [5.74, 6) is -1.81. The van der Waals surface area contributed by atoms with E-state index in [9.17, 15) is 18.0 Å². The Morgan fingerprint density at radius 1 is 1.33 bits per heavy atom. The average Bonchev–Trinajstić information content (AvgIpc) is 2.90. The Hall–Kier alpha value is -1.64. The van der Waals surface area contributed by atoms with Crippen LogP contribution in [0.2, 0.25) is 5.02 Å². The SMILES string of the molecule is CC(C)[C@H](NS(=O)(=O)c1ccc(Cl)cc1)C(=O)O[C@H]1CCOC1=O. The van der Waals surface area contributed by atoms with E-state index in [-0.39, 0.29) is 23.8 Å². The molecule has 1 aliphatic heterocycles. The van der Waals surface area contributed by atoms with Crippen LogP contribution in [0.4, 0.5) is 0 Å². The third-order valence-electron chi connectivity index (χ3n) is 3.47. The molecular weight excluding hydrogens is 358 g/mol. The second kappa shape index (κ2) is 7.50. The summed E-state index contributed by atoms with van der Waals surface area (Å²) in [7, 11) is -3.94. The number of hydrogen-bond donors (Lipinski definition) is 1. The molecule has 0 spiro atoms. The molecule has 1 fully saturated rings. The van der Waals surface area contributed by atoms with E-state index < -0.39 is 34.1 Å². The second-order valence-corrected chi connectivity index (χ2v) is 7.83. The van der Waals surface area contributed by atoms with Crippen molar-refractivity contribution in [1.29, 1.82) is 0 Å². The zero-order valence-electron chi connectivity index (χ0n) is 13.2. The summed E-state index contributed by atoms with van der Waals surface area (Å²) in [5.41, 5.74) is 0. The van der Waals surface area contributed by atoms with Gasteiger partial charge in [0.25, 0.3) is 0 Å². The molecule has 1 N–H and O–H groups in total. The van der Waals surface area contributed by atoms with E-state index in [1.54, 1.807) is 13.8 Å². The van der Waals surface area contributed by atoms with Crippen LogP contribution in [-0.2, 0) is 29.1 Å². The smallest absolute Gasteiger partial charge is 0.347 e. The molecule has 1 heterocycles. The highest BCUT2D eigenvalue weighted by atomic mass is 35.5. The van der Waals surface area contributed by atoms with Crippen molar-refractivity contribution >= 4 is 33.6 Å². The standard InChI is InChI=1S/C15H18ClNO6S/c1-9(2)13(15(19)23-12-7-8-22-14(12)18)17-24(20,21)11-5-3-10(16)4-6-11/h3-6,9,12-13,17H,7-8H2,1-2H3/t12-,13-/m0/s1. The fraction of sp³-hybridized carbons (Fsp3) is 0.467.